The third-order valence-electron chi connectivity index (χ3n) is 0. The van der Waals surface area contributed by atoms with Gasteiger partial charge in [0.2, 0.25) is 0 Å². The Kier molecular flexibility index (Phi) is 22.6. The van der Waals surface area contributed by atoms with Crippen molar-refractivity contribution in [2.45, 2.75) is 0 Å². The molecule has 0 rings (SSSR count). The van der Waals surface area contributed by atoms with Crippen molar-refractivity contribution in [3.8, 4) is 0 Å². The van der Waals surface area contributed by atoms with E-state index in [-0.39, 0.29) is 32.7 Å². The van der Waals surface area contributed by atoms with Gasteiger partial charge in [0.15, 0.2) is 0 Å². The van der Waals surface area contributed by atoms with Crippen LogP contribution in [0.3, 0.4) is 0 Å². The van der Waals surface area contributed by atoms with Crippen LogP contribution in [0.25, 0.3) is 0 Å². The molecule has 0 saturated carbocycles. The van der Waals surface area contributed by atoms with E-state index < -0.39 is 7.82 Å². The second-order valence-electron chi connectivity index (χ2n) is 0.513. The molecular weight excluding hydrogens is 175 g/mol. The molecule has 0 heterocycles. The molecule has 0 unspecified atom stereocenters. The third kappa shape index (κ3) is 402. The summed E-state index contributed by atoms with van der Waals surface area (Å²) in [4.78, 5) is 21.6. The van der Waals surface area contributed by atoms with Crippen LogP contribution in [0.1, 0.15) is 0 Å². The molecule has 0 atom stereocenters. The smallest absolute Gasteiger partial charge is 2.00 e. The summed E-state index contributed by atoms with van der Waals surface area (Å²) in [6.45, 7) is 0. The molecule has 0 saturated heterocycles. The van der Waals surface area contributed by atoms with Crippen molar-refractivity contribution in [2.75, 3.05) is 0 Å². The fraction of sp³-hybridized carbons (Fsp3) is 0. The summed E-state index contributed by atoms with van der Waals surface area (Å²) >= 11 is 0. The van der Waals surface area contributed by atoms with Crippen LogP contribution in [-0.4, -0.2) is 14.7 Å². The summed E-state index contributed by atoms with van der Waals surface area (Å²) < 4.78 is 8.88. The van der Waals surface area contributed by atoms with Gasteiger partial charge >= 0.3 is 29.5 Å². The second-order valence-corrected chi connectivity index (χ2v) is 1.54. The Morgan fingerprint density at radius 2 is 1.00 bits per heavy atom. The van der Waals surface area contributed by atoms with Gasteiger partial charge in [0.05, 0.1) is 0 Å². The van der Waals surface area contributed by atoms with Crippen LogP contribution in [0.15, 0.2) is 0 Å². The zero-order valence-corrected chi connectivity index (χ0v) is 5.97. The topological polar surface area (TPSA) is 135 Å². The SMILES string of the molecule is O=P(O)(O)O.[O-2].[O-2].[Ti+4]. The molecule has 0 aromatic heterocycles. The van der Waals surface area contributed by atoms with E-state index in [1.165, 1.54) is 0 Å². The van der Waals surface area contributed by atoms with Crippen molar-refractivity contribution in [1.82, 2.24) is 0 Å². The number of phosphoric acid groups is 1. The van der Waals surface area contributed by atoms with E-state index in [9.17, 15) is 0 Å². The van der Waals surface area contributed by atoms with Crippen LogP contribution < -0.4 is 0 Å². The van der Waals surface area contributed by atoms with Crippen LogP contribution in [0.5, 0.6) is 0 Å². The van der Waals surface area contributed by atoms with Gasteiger partial charge in [-0.2, -0.15) is 0 Å². The molecule has 6 nitrogen and oxygen atoms in total. The molecule has 0 radical (unpaired) electrons. The van der Waals surface area contributed by atoms with E-state index in [0.717, 1.165) is 0 Å². The molecule has 8 heteroatoms. The molecule has 0 amide bonds. The van der Waals surface area contributed by atoms with Crippen LogP contribution in [0.4, 0.5) is 0 Å². The minimum Gasteiger partial charge on any atom is -2.00 e. The average Bonchev–Trinajstić information content (AvgIpc) is 0.722. The van der Waals surface area contributed by atoms with E-state index in [2.05, 4.69) is 0 Å². The molecule has 0 aliphatic heterocycles. The predicted molar refractivity (Wildman–Crippen MR) is 15.6 cm³/mol. The normalized spacial score (nSPS) is 7.38. The maximum Gasteiger partial charge on any atom is 4.00 e. The fourth-order valence-electron chi connectivity index (χ4n) is 0. The Morgan fingerprint density at radius 3 is 1.00 bits per heavy atom. The van der Waals surface area contributed by atoms with Crippen molar-refractivity contribution in [2.24, 2.45) is 0 Å². The minimum absolute atomic E-state index is 0. The Hall–Kier alpha value is 0.744. The molecule has 48 valence electrons. The maximum absolute atomic E-state index is 8.88. The number of rotatable bonds is 0. The summed E-state index contributed by atoms with van der Waals surface area (Å²) in [5, 5.41) is 0. The Bertz CT molecular complexity index is 54.7. The Balaban J connectivity index is -0.0000000267. The molecule has 0 spiro atoms. The quantitative estimate of drug-likeness (QED) is 0.318. The average molecular weight is 178 g/mol. The molecule has 0 fully saturated rings. The first-order chi connectivity index (χ1) is 2.00. The Morgan fingerprint density at radius 1 is 1.00 bits per heavy atom. The van der Waals surface area contributed by atoms with Crippen molar-refractivity contribution in [3.05, 3.63) is 0 Å². The van der Waals surface area contributed by atoms with Gasteiger partial charge in [-0.05, 0) is 0 Å². The summed E-state index contributed by atoms with van der Waals surface area (Å²) in [5.41, 5.74) is 0. The molecule has 8 heavy (non-hydrogen) atoms. The summed E-state index contributed by atoms with van der Waals surface area (Å²) in [6, 6.07) is 0. The van der Waals surface area contributed by atoms with Gasteiger partial charge in [0.25, 0.3) is 0 Å². The minimum atomic E-state index is -4.64. The van der Waals surface area contributed by atoms with Gasteiger partial charge in [-0.1, -0.05) is 0 Å². The monoisotopic (exact) mass is 178 g/mol. The van der Waals surface area contributed by atoms with Gasteiger partial charge in [-0.15, -0.1) is 0 Å². The van der Waals surface area contributed by atoms with Crippen LogP contribution >= 0.6 is 7.82 Å². The van der Waals surface area contributed by atoms with Crippen molar-refractivity contribution < 1.29 is 51.9 Å². The largest absolute Gasteiger partial charge is 4.00 e. The van der Waals surface area contributed by atoms with Crippen molar-refractivity contribution in [3.63, 3.8) is 0 Å². The van der Waals surface area contributed by atoms with Crippen LogP contribution in [0.2, 0.25) is 0 Å². The zero-order chi connectivity index (χ0) is 4.50. The van der Waals surface area contributed by atoms with E-state index >= 15 is 0 Å². The standard InChI is InChI=1S/H3O4P.2O.Ti/c1-5(2,3)4;;;/h(H3,1,2,3,4);;;/q;2*-2;+4. The molecular formula is H3O6PTi. The van der Waals surface area contributed by atoms with Gasteiger partial charge in [-0.25, -0.2) is 4.57 Å². The first-order valence-electron chi connectivity index (χ1n) is 0.783. The molecule has 0 aromatic rings. The fourth-order valence-corrected chi connectivity index (χ4v) is 0. The van der Waals surface area contributed by atoms with E-state index in [4.69, 9.17) is 19.2 Å². The molecule has 0 aliphatic carbocycles. The van der Waals surface area contributed by atoms with Gasteiger partial charge in [0.1, 0.15) is 0 Å². The molecule has 0 bridgehead atoms. The molecule has 0 aliphatic rings. The third-order valence-corrected chi connectivity index (χ3v) is 0. The van der Waals surface area contributed by atoms with Crippen molar-refractivity contribution in [1.29, 1.82) is 0 Å². The zero-order valence-electron chi connectivity index (χ0n) is 3.51. The predicted octanol–water partition coefficient (Wildman–Crippen LogP) is -1.17. The second kappa shape index (κ2) is 7.74. The molecule has 3 N–H and O–H groups in total. The van der Waals surface area contributed by atoms with E-state index in [0.29, 0.717) is 0 Å². The Labute approximate surface area is 60.3 Å². The summed E-state index contributed by atoms with van der Waals surface area (Å²) in [7, 11) is -4.64. The van der Waals surface area contributed by atoms with E-state index in [1.54, 1.807) is 0 Å². The summed E-state index contributed by atoms with van der Waals surface area (Å²) in [6.07, 6.45) is 0. The van der Waals surface area contributed by atoms with Gasteiger partial charge < -0.3 is 25.6 Å². The first kappa shape index (κ1) is 23.3. The van der Waals surface area contributed by atoms with Crippen molar-refractivity contribution >= 4 is 7.82 Å². The van der Waals surface area contributed by atoms with Gasteiger partial charge in [-0.3, -0.25) is 0 Å². The summed E-state index contributed by atoms with van der Waals surface area (Å²) in [5.74, 6) is 0. The van der Waals surface area contributed by atoms with E-state index in [1.807, 2.05) is 0 Å². The first-order valence-corrected chi connectivity index (χ1v) is 2.35. The van der Waals surface area contributed by atoms with Crippen LogP contribution in [0, 0.1) is 0 Å². The maximum atomic E-state index is 8.88. The van der Waals surface area contributed by atoms with Gasteiger partial charge in [0, 0.05) is 0 Å². The molecule has 0 aromatic carbocycles. The van der Waals surface area contributed by atoms with Crippen LogP contribution in [-0.2, 0) is 37.2 Å². The number of hydrogen-bond acceptors (Lipinski definition) is 1. The number of hydrogen-bond donors (Lipinski definition) is 3.